The van der Waals surface area contributed by atoms with Crippen LogP contribution in [0.25, 0.3) is 5.69 Å². The Morgan fingerprint density at radius 2 is 1.79 bits per heavy atom. The number of pyridine rings is 1. The van der Waals surface area contributed by atoms with Crippen LogP contribution < -0.4 is 26.6 Å². The number of nitrogens with one attached hydrogen (secondary N) is 2. The Balaban J connectivity index is 1.33. The number of hydrogen-bond donors (Lipinski definition) is 2. The topological polar surface area (TPSA) is 137 Å². The molecule has 2 N–H and O–H groups in total. The number of hydrogen-bond acceptors (Lipinski definition) is 7. The Kier molecular flexibility index (Phi) is 6.52. The smallest absolute Gasteiger partial charge is 0.351 e. The quantitative estimate of drug-likeness (QED) is 0.385. The molecule has 0 spiro atoms. The van der Waals surface area contributed by atoms with Gasteiger partial charge in [-0.05, 0) is 43.2 Å². The van der Waals surface area contributed by atoms with Crippen LogP contribution in [0.5, 0.6) is 11.5 Å². The molecule has 0 radical (unpaired) electrons. The minimum Gasteiger partial charge on any atom is -0.454 e. The van der Waals surface area contributed by atoms with Crippen molar-refractivity contribution in [2.45, 2.75) is 12.8 Å². The van der Waals surface area contributed by atoms with Gasteiger partial charge in [0.1, 0.15) is 11.6 Å². The molecule has 38 heavy (non-hydrogen) atoms. The first-order valence-electron chi connectivity index (χ1n) is 11.6. The Morgan fingerprint density at radius 1 is 1.03 bits per heavy atom. The van der Waals surface area contributed by atoms with Crippen molar-refractivity contribution in [1.29, 1.82) is 0 Å². The Labute approximate surface area is 214 Å². The molecule has 2 aromatic heterocycles. The number of rotatable bonds is 7. The molecule has 2 aromatic carbocycles. The second kappa shape index (κ2) is 10.1. The van der Waals surface area contributed by atoms with Gasteiger partial charge in [-0.25, -0.2) is 14.2 Å². The number of carbonyl (C=O) groups is 2. The molecule has 0 saturated heterocycles. The summed E-state index contributed by atoms with van der Waals surface area (Å²) in [6.45, 7) is 0. The lowest BCUT2D eigenvalue weighted by Crippen LogP contribution is -2.43. The van der Waals surface area contributed by atoms with E-state index in [0.29, 0.717) is 5.69 Å². The second-order valence-corrected chi connectivity index (χ2v) is 8.58. The van der Waals surface area contributed by atoms with Crippen LogP contribution in [0.4, 0.5) is 15.9 Å². The maximum Gasteiger partial charge on any atom is 0.351 e. The number of benzene rings is 2. The summed E-state index contributed by atoms with van der Waals surface area (Å²) in [6.07, 6.45) is 3.11. The van der Waals surface area contributed by atoms with Crippen LogP contribution in [-0.4, -0.2) is 31.1 Å². The fourth-order valence-electron chi connectivity index (χ4n) is 3.55. The van der Waals surface area contributed by atoms with Gasteiger partial charge in [0.15, 0.2) is 11.6 Å². The number of halogens is 1. The molecule has 2 amide bonds. The Hall–Kier alpha value is -5.13. The molecule has 4 aromatic rings. The monoisotopic (exact) mass is 516 g/mol. The number of anilines is 2. The van der Waals surface area contributed by atoms with Crippen molar-refractivity contribution in [2.24, 2.45) is 13.0 Å². The van der Waals surface area contributed by atoms with Crippen molar-refractivity contribution in [3.05, 3.63) is 99.2 Å². The number of amides is 2. The average molecular weight is 516 g/mol. The third kappa shape index (κ3) is 5.19. The van der Waals surface area contributed by atoms with Crippen LogP contribution in [0.1, 0.15) is 23.3 Å². The summed E-state index contributed by atoms with van der Waals surface area (Å²) in [5.41, 5.74) is -1.78. The van der Waals surface area contributed by atoms with Crippen LogP contribution >= 0.6 is 0 Å². The third-order valence-electron chi connectivity index (χ3n) is 5.74. The largest absolute Gasteiger partial charge is 0.454 e. The number of nitrogens with zero attached hydrogens (tertiary/aromatic N) is 4. The zero-order valence-corrected chi connectivity index (χ0v) is 20.1. The fourth-order valence-corrected chi connectivity index (χ4v) is 3.55. The lowest BCUT2D eigenvalue weighted by molar-refractivity contribution is -0.117. The molecule has 192 valence electrons. The van der Waals surface area contributed by atoms with E-state index >= 15 is 0 Å². The van der Waals surface area contributed by atoms with Crippen LogP contribution in [0, 0.1) is 11.7 Å². The molecule has 0 unspecified atom stereocenters. The highest BCUT2D eigenvalue weighted by Gasteiger charge is 2.29. The van der Waals surface area contributed by atoms with Gasteiger partial charge < -0.3 is 15.4 Å². The van der Waals surface area contributed by atoms with Gasteiger partial charge in [-0.15, -0.1) is 0 Å². The Morgan fingerprint density at radius 3 is 2.50 bits per heavy atom. The summed E-state index contributed by atoms with van der Waals surface area (Å²) in [6, 6.07) is 15.0. The van der Waals surface area contributed by atoms with E-state index in [1.54, 1.807) is 30.3 Å². The molecule has 1 aliphatic carbocycles. The SMILES string of the molecule is Cn1c(=O)c(C(=O)Nc2ccc(Oc3ccnc(NC(=O)C4CC4)c3)c(F)c2)nn(-c2ccccc2)c1=O. The molecule has 0 aliphatic heterocycles. The standard InChI is InChI=1S/C26H21FN6O5/c1-32-25(36)22(31-33(26(32)37)17-5-3-2-4-6-17)24(35)29-16-9-10-20(19(27)13-16)38-18-11-12-28-21(14-18)30-23(34)15-7-8-15/h2-6,9-15H,7-8H2,1H3,(H,29,35)(H,28,30,34). The predicted molar refractivity (Wildman–Crippen MR) is 135 cm³/mol. The maximum atomic E-state index is 14.8. The first-order chi connectivity index (χ1) is 18.3. The molecule has 0 bridgehead atoms. The van der Waals surface area contributed by atoms with Gasteiger partial charge in [-0.1, -0.05) is 18.2 Å². The number of para-hydroxylation sites is 1. The van der Waals surface area contributed by atoms with Gasteiger partial charge in [0.25, 0.3) is 11.5 Å². The molecule has 1 fully saturated rings. The van der Waals surface area contributed by atoms with Gasteiger partial charge in [0, 0.05) is 37.0 Å². The van der Waals surface area contributed by atoms with Crippen molar-refractivity contribution < 1.29 is 18.7 Å². The van der Waals surface area contributed by atoms with E-state index in [2.05, 4.69) is 20.7 Å². The Bertz CT molecular complexity index is 1660. The highest BCUT2D eigenvalue weighted by atomic mass is 19.1. The van der Waals surface area contributed by atoms with Gasteiger partial charge in [-0.2, -0.15) is 9.78 Å². The molecule has 11 nitrogen and oxygen atoms in total. The second-order valence-electron chi connectivity index (χ2n) is 8.58. The number of ether oxygens (including phenoxy) is 1. The van der Waals surface area contributed by atoms with E-state index in [4.69, 9.17) is 4.74 Å². The van der Waals surface area contributed by atoms with E-state index in [1.165, 1.54) is 37.5 Å². The van der Waals surface area contributed by atoms with E-state index in [0.717, 1.165) is 28.2 Å². The lowest BCUT2D eigenvalue weighted by Gasteiger charge is -2.11. The van der Waals surface area contributed by atoms with Crippen molar-refractivity contribution in [3.63, 3.8) is 0 Å². The van der Waals surface area contributed by atoms with Crippen LogP contribution in [0.3, 0.4) is 0 Å². The van der Waals surface area contributed by atoms with Gasteiger partial charge in [-0.3, -0.25) is 19.0 Å². The fraction of sp³-hybridized carbons (Fsp3) is 0.154. The minimum absolute atomic E-state index is 0.00117. The highest BCUT2D eigenvalue weighted by molar-refractivity contribution is 6.02. The van der Waals surface area contributed by atoms with E-state index in [1.807, 2.05) is 0 Å². The average Bonchev–Trinajstić information content (AvgIpc) is 3.76. The number of carbonyl (C=O) groups excluding carboxylic acids is 2. The molecule has 12 heteroatoms. The van der Waals surface area contributed by atoms with Crippen LogP contribution in [-0.2, 0) is 11.8 Å². The zero-order valence-electron chi connectivity index (χ0n) is 20.1. The minimum atomic E-state index is -0.923. The van der Waals surface area contributed by atoms with Crippen molar-refractivity contribution in [3.8, 4) is 17.2 Å². The number of aromatic nitrogens is 4. The lowest BCUT2D eigenvalue weighted by atomic mass is 10.2. The van der Waals surface area contributed by atoms with Crippen LogP contribution in [0.15, 0.2) is 76.4 Å². The normalized spacial score (nSPS) is 12.6. The maximum absolute atomic E-state index is 14.8. The van der Waals surface area contributed by atoms with Gasteiger partial charge in [0.2, 0.25) is 11.6 Å². The molecule has 2 heterocycles. The molecule has 1 aliphatic rings. The molecular weight excluding hydrogens is 495 g/mol. The summed E-state index contributed by atoms with van der Waals surface area (Å²) in [5, 5.41) is 9.05. The van der Waals surface area contributed by atoms with Gasteiger partial charge in [0.05, 0.1) is 5.69 Å². The van der Waals surface area contributed by atoms with E-state index < -0.39 is 28.7 Å². The first-order valence-corrected chi connectivity index (χ1v) is 11.6. The van der Waals surface area contributed by atoms with Gasteiger partial charge >= 0.3 is 5.69 Å². The highest BCUT2D eigenvalue weighted by Crippen LogP contribution is 2.31. The molecule has 1 saturated carbocycles. The summed E-state index contributed by atoms with van der Waals surface area (Å²) in [5.74, 6) is -1.44. The molecule has 0 atom stereocenters. The van der Waals surface area contributed by atoms with E-state index in [9.17, 15) is 23.6 Å². The molecular formula is C26H21FN6O5. The summed E-state index contributed by atoms with van der Waals surface area (Å²) in [7, 11) is 1.23. The predicted octanol–water partition coefficient (Wildman–Crippen LogP) is 2.86. The first kappa shape index (κ1) is 24.6. The zero-order chi connectivity index (χ0) is 26.8. The third-order valence-corrected chi connectivity index (χ3v) is 5.74. The van der Waals surface area contributed by atoms with Crippen molar-refractivity contribution in [1.82, 2.24) is 19.3 Å². The van der Waals surface area contributed by atoms with Crippen molar-refractivity contribution in [2.75, 3.05) is 10.6 Å². The van der Waals surface area contributed by atoms with Crippen LogP contribution in [0.2, 0.25) is 0 Å². The summed E-state index contributed by atoms with van der Waals surface area (Å²) in [4.78, 5) is 53.9. The summed E-state index contributed by atoms with van der Waals surface area (Å²) < 4.78 is 22.1. The molecule has 5 rings (SSSR count). The van der Waals surface area contributed by atoms with E-state index in [-0.39, 0.29) is 34.8 Å². The summed E-state index contributed by atoms with van der Waals surface area (Å²) >= 11 is 0. The van der Waals surface area contributed by atoms with Crippen molar-refractivity contribution >= 4 is 23.3 Å².